The fourth-order valence-electron chi connectivity index (χ4n) is 6.78. The molecule has 0 unspecified atom stereocenters. The molecule has 222 valence electrons. The van der Waals surface area contributed by atoms with Crippen LogP contribution < -0.4 is 15.9 Å². The van der Waals surface area contributed by atoms with E-state index in [1.807, 2.05) is 84.1 Å². The maximum absolute atomic E-state index is 15.0. The van der Waals surface area contributed by atoms with E-state index in [9.17, 15) is 0 Å². The number of hydrogen-bond donors (Lipinski definition) is 0. The van der Waals surface area contributed by atoms with E-state index in [-0.39, 0.29) is 0 Å². The Bertz CT molecular complexity index is 2600. The smallest absolute Gasteiger partial charge is 0.171 e. The number of thiophene rings is 1. The van der Waals surface area contributed by atoms with Gasteiger partial charge in [0, 0.05) is 47.0 Å². The molecule has 0 radical (unpaired) electrons. The molecule has 0 spiro atoms. The first-order valence-electron chi connectivity index (χ1n) is 15.7. The molecule has 0 aliphatic rings. The van der Waals surface area contributed by atoms with E-state index < -0.39 is 7.14 Å². The van der Waals surface area contributed by atoms with Crippen LogP contribution in [-0.2, 0) is 4.57 Å². The van der Waals surface area contributed by atoms with Crippen molar-refractivity contribution in [3.05, 3.63) is 170 Å². The molecule has 0 bridgehead atoms. The van der Waals surface area contributed by atoms with Crippen molar-refractivity contribution in [2.75, 3.05) is 0 Å². The first-order valence-corrected chi connectivity index (χ1v) is 18.3. The second kappa shape index (κ2) is 11.2. The van der Waals surface area contributed by atoms with Crippen molar-refractivity contribution in [3.63, 3.8) is 0 Å². The van der Waals surface area contributed by atoms with Crippen molar-refractivity contribution in [2.24, 2.45) is 0 Å². The summed E-state index contributed by atoms with van der Waals surface area (Å²) in [6.07, 6.45) is 0. The molecule has 0 aliphatic heterocycles. The summed E-state index contributed by atoms with van der Waals surface area (Å²) >= 11 is 1.84. The predicted octanol–water partition coefficient (Wildman–Crippen LogP) is 10.7. The number of hydrogen-bond acceptors (Lipinski definition) is 3. The van der Waals surface area contributed by atoms with E-state index in [1.54, 1.807) is 0 Å². The first kappa shape index (κ1) is 27.9. The van der Waals surface area contributed by atoms with E-state index in [0.29, 0.717) is 0 Å². The van der Waals surface area contributed by atoms with Crippen LogP contribution >= 0.6 is 18.5 Å². The standard InChI is InChI=1S/C43H28NOPS/c45-46(34-15-3-1-4-16-34,35-17-5-2-6-18-35)36-19-11-14-31(26-36)29-22-24-30(25-23-29)42-41-37-20-9-10-21-40(37)47-43(41)38-27-32-12-7-8-13-33(32)28-39(38)44-42/h1-28H. The van der Waals surface area contributed by atoms with Gasteiger partial charge in [0.15, 0.2) is 7.14 Å². The lowest BCUT2D eigenvalue weighted by Crippen LogP contribution is -2.25. The molecule has 0 N–H and O–H groups in total. The van der Waals surface area contributed by atoms with E-state index in [0.717, 1.165) is 43.8 Å². The van der Waals surface area contributed by atoms with Crippen LogP contribution in [-0.4, -0.2) is 4.98 Å². The van der Waals surface area contributed by atoms with Gasteiger partial charge < -0.3 is 4.57 Å². The lowest BCUT2D eigenvalue weighted by atomic mass is 9.98. The Morgan fingerprint density at radius 1 is 0.468 bits per heavy atom. The molecule has 2 aromatic heterocycles. The van der Waals surface area contributed by atoms with Gasteiger partial charge in [-0.15, -0.1) is 11.3 Å². The highest BCUT2D eigenvalue weighted by Crippen LogP contribution is 2.45. The Morgan fingerprint density at radius 3 is 1.79 bits per heavy atom. The molecule has 0 atom stereocenters. The van der Waals surface area contributed by atoms with Crippen molar-refractivity contribution in [1.29, 1.82) is 0 Å². The highest BCUT2D eigenvalue weighted by atomic mass is 32.1. The zero-order valence-electron chi connectivity index (χ0n) is 25.4. The van der Waals surface area contributed by atoms with Crippen LogP contribution in [0.2, 0.25) is 0 Å². The number of aromatic nitrogens is 1. The summed E-state index contributed by atoms with van der Waals surface area (Å²) in [6.45, 7) is 0. The molecule has 0 fully saturated rings. The summed E-state index contributed by atoms with van der Waals surface area (Å²) in [5.74, 6) is 0. The molecule has 2 heterocycles. The van der Waals surface area contributed by atoms with E-state index in [1.165, 1.54) is 36.3 Å². The number of nitrogens with zero attached hydrogens (tertiary/aromatic N) is 1. The zero-order valence-corrected chi connectivity index (χ0v) is 27.1. The van der Waals surface area contributed by atoms with Crippen molar-refractivity contribution in [3.8, 4) is 22.4 Å². The van der Waals surface area contributed by atoms with Gasteiger partial charge in [-0.2, -0.15) is 0 Å². The van der Waals surface area contributed by atoms with Crippen LogP contribution in [0.1, 0.15) is 0 Å². The molecular weight excluding hydrogens is 610 g/mol. The topological polar surface area (TPSA) is 30.0 Å². The molecule has 47 heavy (non-hydrogen) atoms. The molecule has 2 nitrogen and oxygen atoms in total. The average Bonchev–Trinajstić information content (AvgIpc) is 3.54. The van der Waals surface area contributed by atoms with E-state index in [4.69, 9.17) is 4.98 Å². The quantitative estimate of drug-likeness (QED) is 0.139. The summed E-state index contributed by atoms with van der Waals surface area (Å²) in [6, 6.07) is 58.2. The Hall–Kier alpha value is -5.34. The molecule has 7 aromatic carbocycles. The van der Waals surface area contributed by atoms with Crippen molar-refractivity contribution in [1.82, 2.24) is 4.98 Å². The van der Waals surface area contributed by atoms with Crippen LogP contribution in [0.25, 0.3) is 64.2 Å². The van der Waals surface area contributed by atoms with Crippen molar-refractivity contribution in [2.45, 2.75) is 0 Å². The van der Waals surface area contributed by atoms with Gasteiger partial charge >= 0.3 is 0 Å². The maximum atomic E-state index is 15.0. The van der Waals surface area contributed by atoms with E-state index in [2.05, 4.69) is 97.1 Å². The Labute approximate surface area is 277 Å². The molecule has 9 rings (SSSR count). The Balaban J connectivity index is 1.18. The maximum Gasteiger partial charge on any atom is 0.171 e. The second-order valence-corrected chi connectivity index (χ2v) is 15.7. The summed E-state index contributed by atoms with van der Waals surface area (Å²) in [7, 11) is -3.07. The van der Waals surface area contributed by atoms with Gasteiger partial charge in [0.1, 0.15) is 0 Å². The highest BCUT2D eigenvalue weighted by molar-refractivity contribution is 7.85. The van der Waals surface area contributed by atoms with Crippen LogP contribution in [0.5, 0.6) is 0 Å². The van der Waals surface area contributed by atoms with Crippen molar-refractivity contribution >= 4 is 76.2 Å². The van der Waals surface area contributed by atoms with Crippen LogP contribution in [0.3, 0.4) is 0 Å². The second-order valence-electron chi connectivity index (χ2n) is 11.9. The fraction of sp³-hybridized carbons (Fsp3) is 0. The fourth-order valence-corrected chi connectivity index (χ4v) is 10.7. The van der Waals surface area contributed by atoms with E-state index >= 15 is 4.57 Å². The predicted molar refractivity (Wildman–Crippen MR) is 202 cm³/mol. The lowest BCUT2D eigenvalue weighted by molar-refractivity contribution is 0.592. The molecule has 9 aromatic rings. The summed E-state index contributed by atoms with van der Waals surface area (Å²) < 4.78 is 17.6. The molecule has 0 saturated carbocycles. The van der Waals surface area contributed by atoms with Gasteiger partial charge in [0.05, 0.1) is 11.2 Å². The number of pyridine rings is 1. The van der Waals surface area contributed by atoms with Crippen LogP contribution in [0, 0.1) is 0 Å². The zero-order chi connectivity index (χ0) is 31.4. The minimum absolute atomic E-state index is 0.825. The molecule has 0 amide bonds. The van der Waals surface area contributed by atoms with Gasteiger partial charge in [-0.1, -0.05) is 146 Å². The normalized spacial score (nSPS) is 11.9. The summed E-state index contributed by atoms with van der Waals surface area (Å²) in [5.41, 5.74) is 5.18. The third-order valence-corrected chi connectivity index (χ3v) is 13.4. The van der Waals surface area contributed by atoms with Crippen LogP contribution in [0.15, 0.2) is 170 Å². The summed E-state index contributed by atoms with van der Waals surface area (Å²) in [4.78, 5) is 5.33. The average molecular weight is 638 g/mol. The van der Waals surface area contributed by atoms with Gasteiger partial charge in [-0.25, -0.2) is 4.98 Å². The van der Waals surface area contributed by atoms with Gasteiger partial charge in [0.25, 0.3) is 0 Å². The summed E-state index contributed by atoms with van der Waals surface area (Å²) in [5, 5.41) is 8.54. The van der Waals surface area contributed by atoms with Gasteiger partial charge in [-0.05, 0) is 46.2 Å². The Morgan fingerprint density at radius 2 is 1.06 bits per heavy atom. The molecule has 4 heteroatoms. The minimum Gasteiger partial charge on any atom is -0.309 e. The molecule has 0 aliphatic carbocycles. The largest absolute Gasteiger partial charge is 0.309 e. The molecule has 0 saturated heterocycles. The number of fused-ring (bicyclic) bond motifs is 6. The SMILES string of the molecule is O=P(c1ccccc1)(c1ccccc1)c1cccc(-c2ccc(-c3nc4cc5ccccc5cc4c4sc5ccccc5c34)cc2)c1. The molecular formula is C43H28NOPS. The third-order valence-electron chi connectivity index (χ3n) is 9.11. The number of rotatable bonds is 5. The number of benzene rings is 7. The van der Waals surface area contributed by atoms with Gasteiger partial charge in [0.2, 0.25) is 0 Å². The monoisotopic (exact) mass is 637 g/mol. The first-order chi connectivity index (χ1) is 23.2. The van der Waals surface area contributed by atoms with Crippen molar-refractivity contribution < 1.29 is 4.57 Å². The minimum atomic E-state index is -3.07. The Kier molecular flexibility index (Phi) is 6.64. The lowest BCUT2D eigenvalue weighted by Gasteiger charge is -2.20. The third kappa shape index (κ3) is 4.62. The van der Waals surface area contributed by atoms with Gasteiger partial charge in [-0.3, -0.25) is 0 Å². The highest BCUT2D eigenvalue weighted by Gasteiger charge is 2.29. The van der Waals surface area contributed by atoms with Crippen LogP contribution in [0.4, 0.5) is 0 Å².